The van der Waals surface area contributed by atoms with Gasteiger partial charge in [-0.25, -0.2) is 12.8 Å². The SMILES string of the molecule is Cc1[nH]c(=O)sc1S(=O)(=O)N1CCN(C(=O)c2ccc(Cl)cc2F)CC1. The highest BCUT2D eigenvalue weighted by atomic mass is 35.5. The molecule has 140 valence electrons. The Bertz CT molecular complexity index is 1010. The van der Waals surface area contributed by atoms with Crippen LogP contribution in [0.15, 0.2) is 27.2 Å². The van der Waals surface area contributed by atoms with Gasteiger partial charge < -0.3 is 9.88 Å². The molecule has 1 saturated heterocycles. The number of amides is 1. The van der Waals surface area contributed by atoms with Gasteiger partial charge in [0.25, 0.3) is 15.9 Å². The number of aromatic amines is 1. The molecule has 1 aromatic carbocycles. The van der Waals surface area contributed by atoms with Crippen molar-refractivity contribution in [1.29, 1.82) is 0 Å². The maximum absolute atomic E-state index is 13.9. The van der Waals surface area contributed by atoms with Crippen molar-refractivity contribution in [1.82, 2.24) is 14.2 Å². The fourth-order valence-corrected chi connectivity index (χ4v) is 5.73. The summed E-state index contributed by atoms with van der Waals surface area (Å²) in [5.74, 6) is -1.23. The molecular formula is C15H15ClFN3O4S2. The van der Waals surface area contributed by atoms with Crippen LogP contribution >= 0.6 is 22.9 Å². The number of carbonyl (C=O) groups is 1. The van der Waals surface area contributed by atoms with Crippen LogP contribution in [0.3, 0.4) is 0 Å². The largest absolute Gasteiger partial charge is 0.336 e. The summed E-state index contributed by atoms with van der Waals surface area (Å²) in [5, 5.41) is 0.191. The number of hydrogen-bond acceptors (Lipinski definition) is 5. The van der Waals surface area contributed by atoms with E-state index in [2.05, 4.69) is 4.98 Å². The molecule has 1 fully saturated rings. The number of benzene rings is 1. The molecule has 1 aromatic heterocycles. The molecule has 0 unspecified atom stereocenters. The minimum absolute atomic E-state index is 0.0222. The van der Waals surface area contributed by atoms with E-state index in [1.807, 2.05) is 0 Å². The Morgan fingerprint density at radius 3 is 2.46 bits per heavy atom. The number of piperazine rings is 1. The normalized spacial score (nSPS) is 16.0. The summed E-state index contributed by atoms with van der Waals surface area (Å²) in [6.45, 7) is 1.90. The van der Waals surface area contributed by atoms with Gasteiger partial charge in [-0.1, -0.05) is 22.9 Å². The summed E-state index contributed by atoms with van der Waals surface area (Å²) >= 11 is 6.33. The molecule has 1 aliphatic heterocycles. The molecule has 0 radical (unpaired) electrons. The Hall–Kier alpha value is -1.75. The van der Waals surface area contributed by atoms with Crippen LogP contribution < -0.4 is 4.87 Å². The monoisotopic (exact) mass is 419 g/mol. The van der Waals surface area contributed by atoms with Crippen LogP contribution in [0.5, 0.6) is 0 Å². The second kappa shape index (κ2) is 7.10. The van der Waals surface area contributed by atoms with Crippen molar-refractivity contribution in [3.05, 3.63) is 50.0 Å². The molecule has 1 amide bonds. The molecule has 2 aromatic rings. The van der Waals surface area contributed by atoms with Crippen LogP contribution in [0.25, 0.3) is 0 Å². The molecule has 11 heteroatoms. The number of rotatable bonds is 3. The van der Waals surface area contributed by atoms with E-state index in [4.69, 9.17) is 11.6 Å². The molecule has 0 saturated carbocycles. The second-order valence-corrected chi connectivity index (χ2v) is 9.30. The van der Waals surface area contributed by atoms with Crippen molar-refractivity contribution >= 4 is 38.9 Å². The molecule has 0 aliphatic carbocycles. The highest BCUT2D eigenvalue weighted by Crippen LogP contribution is 2.23. The summed E-state index contributed by atoms with van der Waals surface area (Å²) in [7, 11) is -3.81. The highest BCUT2D eigenvalue weighted by molar-refractivity contribution is 7.91. The maximum atomic E-state index is 13.9. The third-order valence-corrected chi connectivity index (χ3v) is 7.76. The van der Waals surface area contributed by atoms with Crippen molar-refractivity contribution in [2.45, 2.75) is 11.1 Å². The van der Waals surface area contributed by atoms with Crippen LogP contribution in [-0.2, 0) is 10.0 Å². The lowest BCUT2D eigenvalue weighted by Crippen LogP contribution is -2.50. The lowest BCUT2D eigenvalue weighted by molar-refractivity contribution is 0.0693. The lowest BCUT2D eigenvalue weighted by Gasteiger charge is -2.33. The van der Waals surface area contributed by atoms with E-state index in [1.54, 1.807) is 0 Å². The standard InChI is InChI=1S/C15H15ClFN3O4S2/c1-9-14(25-15(22)18-9)26(23,24)20-6-4-19(5-7-20)13(21)11-3-2-10(16)8-12(11)17/h2-3,8H,4-7H2,1H3,(H,18,22). The first kappa shape index (κ1) is 19.0. The topological polar surface area (TPSA) is 90.5 Å². The van der Waals surface area contributed by atoms with E-state index in [1.165, 1.54) is 28.3 Å². The smallest absolute Gasteiger partial charge is 0.305 e. The van der Waals surface area contributed by atoms with Crippen molar-refractivity contribution < 1.29 is 17.6 Å². The molecular weight excluding hydrogens is 405 g/mol. The van der Waals surface area contributed by atoms with E-state index in [0.29, 0.717) is 17.0 Å². The van der Waals surface area contributed by atoms with Gasteiger partial charge in [-0.2, -0.15) is 4.31 Å². The zero-order valence-electron chi connectivity index (χ0n) is 13.7. The Labute approximate surface area is 158 Å². The van der Waals surface area contributed by atoms with E-state index in [0.717, 1.165) is 6.07 Å². The summed E-state index contributed by atoms with van der Waals surface area (Å²) in [4.78, 5) is 27.2. The summed E-state index contributed by atoms with van der Waals surface area (Å²) < 4.78 is 40.4. The van der Waals surface area contributed by atoms with E-state index in [9.17, 15) is 22.4 Å². The fourth-order valence-electron chi connectivity index (χ4n) is 2.72. The number of H-pyrrole nitrogens is 1. The number of halogens is 2. The number of aryl methyl sites for hydroxylation is 1. The Balaban J connectivity index is 1.74. The molecule has 0 atom stereocenters. The van der Waals surface area contributed by atoms with Gasteiger partial charge in [0.05, 0.1) is 5.56 Å². The average Bonchev–Trinajstić information content (AvgIpc) is 2.93. The fraction of sp³-hybridized carbons (Fsp3) is 0.333. The summed E-state index contributed by atoms with van der Waals surface area (Å²) in [6.07, 6.45) is 0. The van der Waals surface area contributed by atoms with Gasteiger partial charge in [0, 0.05) is 36.9 Å². The van der Waals surface area contributed by atoms with E-state index in [-0.39, 0.29) is 41.0 Å². The zero-order valence-corrected chi connectivity index (χ0v) is 16.0. The first-order chi connectivity index (χ1) is 12.2. The van der Waals surface area contributed by atoms with Crippen molar-refractivity contribution in [3.63, 3.8) is 0 Å². The number of nitrogens with zero attached hydrogens (tertiary/aromatic N) is 2. The minimum atomic E-state index is -3.81. The molecule has 26 heavy (non-hydrogen) atoms. The Kier molecular flexibility index (Phi) is 5.20. The van der Waals surface area contributed by atoms with E-state index >= 15 is 0 Å². The molecule has 3 rings (SSSR count). The molecule has 1 N–H and O–H groups in total. The van der Waals surface area contributed by atoms with Crippen LogP contribution in [0.2, 0.25) is 5.02 Å². The van der Waals surface area contributed by atoms with Gasteiger partial charge in [0.2, 0.25) is 0 Å². The number of hydrogen-bond donors (Lipinski definition) is 1. The number of aromatic nitrogens is 1. The van der Waals surface area contributed by atoms with Gasteiger partial charge in [-0.3, -0.25) is 9.59 Å². The Morgan fingerprint density at radius 2 is 1.92 bits per heavy atom. The number of sulfonamides is 1. The zero-order chi connectivity index (χ0) is 19.1. The molecule has 0 bridgehead atoms. The van der Waals surface area contributed by atoms with Crippen LogP contribution in [0, 0.1) is 12.7 Å². The first-order valence-corrected chi connectivity index (χ1v) is 10.3. The summed E-state index contributed by atoms with van der Waals surface area (Å²) in [5.41, 5.74) is 0.187. The third kappa shape index (κ3) is 3.54. The predicted molar refractivity (Wildman–Crippen MR) is 95.7 cm³/mol. The van der Waals surface area contributed by atoms with Gasteiger partial charge >= 0.3 is 4.87 Å². The predicted octanol–water partition coefficient (Wildman–Crippen LogP) is 1.68. The number of nitrogens with one attached hydrogen (secondary N) is 1. The van der Waals surface area contributed by atoms with Gasteiger partial charge in [-0.15, -0.1) is 0 Å². The quantitative estimate of drug-likeness (QED) is 0.819. The average molecular weight is 420 g/mol. The van der Waals surface area contributed by atoms with Gasteiger partial charge in [0.15, 0.2) is 4.21 Å². The minimum Gasteiger partial charge on any atom is -0.336 e. The molecule has 2 heterocycles. The highest BCUT2D eigenvalue weighted by Gasteiger charge is 2.33. The second-order valence-electron chi connectivity index (χ2n) is 5.75. The van der Waals surface area contributed by atoms with Gasteiger partial charge in [0.1, 0.15) is 5.82 Å². The lowest BCUT2D eigenvalue weighted by atomic mass is 10.1. The molecule has 1 aliphatic rings. The number of carbonyl (C=O) groups excluding carboxylic acids is 1. The molecule has 7 nitrogen and oxygen atoms in total. The van der Waals surface area contributed by atoms with Crippen LogP contribution in [0.1, 0.15) is 16.1 Å². The van der Waals surface area contributed by atoms with Crippen molar-refractivity contribution in [3.8, 4) is 0 Å². The summed E-state index contributed by atoms with van der Waals surface area (Å²) in [6, 6.07) is 3.80. The van der Waals surface area contributed by atoms with Gasteiger partial charge in [-0.05, 0) is 25.1 Å². The Morgan fingerprint density at radius 1 is 1.27 bits per heavy atom. The van der Waals surface area contributed by atoms with Crippen LogP contribution in [0.4, 0.5) is 4.39 Å². The third-order valence-electron chi connectivity index (χ3n) is 4.04. The van der Waals surface area contributed by atoms with Crippen LogP contribution in [-0.4, -0.2) is 54.7 Å². The number of thiazole rings is 1. The maximum Gasteiger partial charge on any atom is 0.305 e. The first-order valence-electron chi connectivity index (χ1n) is 7.64. The molecule has 0 spiro atoms. The van der Waals surface area contributed by atoms with Crippen molar-refractivity contribution in [2.24, 2.45) is 0 Å². The van der Waals surface area contributed by atoms with E-state index < -0.39 is 26.6 Å². The van der Waals surface area contributed by atoms with Crippen molar-refractivity contribution in [2.75, 3.05) is 26.2 Å².